The molecular formula is C29H32BrCl2N3O4S. The molecule has 1 N–H and O–H groups in total. The Balaban J connectivity index is 2.05. The van der Waals surface area contributed by atoms with E-state index in [1.54, 1.807) is 61.5 Å². The standard InChI is InChI=1S/C29H32BrCl2N3O4S/c1-5-20(3)33-29(37)21(4)34(17-22-11-12-24(31)16-27(22)32)28(36)18-35(25-8-6-7-23(30)15-25)40(38,39)26-13-9-19(2)10-14-26/h6-16,20-21H,5,17-18H2,1-4H3,(H,33,37)/t20-,21-/m1/s1. The third-order valence-corrected chi connectivity index (χ3v) is 9.38. The zero-order valence-electron chi connectivity index (χ0n) is 22.7. The number of carbonyl (C=O) groups is 2. The number of benzene rings is 3. The summed E-state index contributed by atoms with van der Waals surface area (Å²) in [6.45, 7) is 6.71. The summed E-state index contributed by atoms with van der Waals surface area (Å²) in [6, 6.07) is 17.0. The molecule has 11 heteroatoms. The van der Waals surface area contributed by atoms with Crippen molar-refractivity contribution in [3.05, 3.63) is 92.4 Å². The van der Waals surface area contributed by atoms with Crippen LogP contribution in [0.15, 0.2) is 76.1 Å². The van der Waals surface area contributed by atoms with Crippen LogP contribution in [0.2, 0.25) is 10.0 Å². The van der Waals surface area contributed by atoms with Crippen LogP contribution in [-0.4, -0.2) is 43.8 Å². The molecule has 2 atom stereocenters. The van der Waals surface area contributed by atoms with E-state index in [0.29, 0.717) is 32.2 Å². The second-order valence-corrected chi connectivity index (χ2v) is 13.2. The van der Waals surface area contributed by atoms with Gasteiger partial charge in [0.2, 0.25) is 11.8 Å². The molecule has 3 aromatic carbocycles. The van der Waals surface area contributed by atoms with Crippen molar-refractivity contribution in [3.63, 3.8) is 0 Å². The normalized spacial score (nSPS) is 12.9. The van der Waals surface area contributed by atoms with E-state index in [-0.39, 0.29) is 23.4 Å². The highest BCUT2D eigenvalue weighted by Crippen LogP contribution is 2.28. The van der Waals surface area contributed by atoms with Gasteiger partial charge in [0.25, 0.3) is 10.0 Å². The predicted octanol–water partition coefficient (Wildman–Crippen LogP) is 6.59. The maximum atomic E-state index is 14.0. The van der Waals surface area contributed by atoms with E-state index < -0.39 is 28.5 Å². The molecule has 0 spiro atoms. The van der Waals surface area contributed by atoms with Crippen LogP contribution in [0.4, 0.5) is 5.69 Å². The number of rotatable bonds is 11. The number of sulfonamides is 1. The van der Waals surface area contributed by atoms with Crippen LogP contribution in [-0.2, 0) is 26.2 Å². The van der Waals surface area contributed by atoms with Crippen LogP contribution < -0.4 is 9.62 Å². The molecule has 40 heavy (non-hydrogen) atoms. The summed E-state index contributed by atoms with van der Waals surface area (Å²) in [5.74, 6) is -0.934. The van der Waals surface area contributed by atoms with E-state index in [2.05, 4.69) is 21.2 Å². The average Bonchev–Trinajstić information content (AvgIpc) is 2.90. The Kier molecular flexibility index (Phi) is 11.1. The lowest BCUT2D eigenvalue weighted by molar-refractivity contribution is -0.139. The van der Waals surface area contributed by atoms with Crippen molar-refractivity contribution in [1.29, 1.82) is 0 Å². The lowest BCUT2D eigenvalue weighted by Gasteiger charge is -2.32. The van der Waals surface area contributed by atoms with Gasteiger partial charge in [0, 0.05) is 27.1 Å². The molecule has 0 unspecified atom stereocenters. The smallest absolute Gasteiger partial charge is 0.264 e. The molecule has 214 valence electrons. The highest BCUT2D eigenvalue weighted by atomic mass is 79.9. The van der Waals surface area contributed by atoms with Crippen molar-refractivity contribution in [3.8, 4) is 0 Å². The van der Waals surface area contributed by atoms with E-state index >= 15 is 0 Å². The predicted molar refractivity (Wildman–Crippen MR) is 164 cm³/mol. The Hall–Kier alpha value is -2.59. The summed E-state index contributed by atoms with van der Waals surface area (Å²) in [4.78, 5) is 28.5. The summed E-state index contributed by atoms with van der Waals surface area (Å²) in [7, 11) is -4.15. The highest BCUT2D eigenvalue weighted by Gasteiger charge is 2.33. The Morgan fingerprint density at radius 2 is 1.68 bits per heavy atom. The molecule has 0 saturated carbocycles. The first-order valence-corrected chi connectivity index (χ1v) is 15.7. The van der Waals surface area contributed by atoms with Gasteiger partial charge in [-0.05, 0) is 75.2 Å². The van der Waals surface area contributed by atoms with Crippen LogP contribution in [0, 0.1) is 6.92 Å². The molecule has 0 aromatic heterocycles. The Morgan fingerprint density at radius 3 is 2.27 bits per heavy atom. The van der Waals surface area contributed by atoms with E-state index in [4.69, 9.17) is 23.2 Å². The summed E-state index contributed by atoms with van der Waals surface area (Å²) < 4.78 is 29.5. The topological polar surface area (TPSA) is 86.8 Å². The second-order valence-electron chi connectivity index (χ2n) is 9.56. The number of anilines is 1. The molecule has 0 saturated heterocycles. The van der Waals surface area contributed by atoms with Gasteiger partial charge in [-0.2, -0.15) is 0 Å². The van der Waals surface area contributed by atoms with Crippen molar-refractivity contribution in [2.24, 2.45) is 0 Å². The van der Waals surface area contributed by atoms with Gasteiger partial charge < -0.3 is 10.2 Å². The number of hydrogen-bond acceptors (Lipinski definition) is 4. The van der Waals surface area contributed by atoms with Crippen molar-refractivity contribution in [2.45, 2.75) is 57.6 Å². The quantitative estimate of drug-likeness (QED) is 0.250. The van der Waals surface area contributed by atoms with Crippen molar-refractivity contribution in [2.75, 3.05) is 10.8 Å². The van der Waals surface area contributed by atoms with Crippen molar-refractivity contribution in [1.82, 2.24) is 10.2 Å². The van der Waals surface area contributed by atoms with E-state index in [9.17, 15) is 18.0 Å². The molecule has 7 nitrogen and oxygen atoms in total. The molecule has 3 aromatic rings. The summed E-state index contributed by atoms with van der Waals surface area (Å²) in [5.41, 5.74) is 1.76. The van der Waals surface area contributed by atoms with Gasteiger partial charge in [-0.1, -0.05) is 75.9 Å². The van der Waals surface area contributed by atoms with Gasteiger partial charge >= 0.3 is 0 Å². The van der Waals surface area contributed by atoms with Crippen molar-refractivity contribution < 1.29 is 18.0 Å². The van der Waals surface area contributed by atoms with E-state index in [1.807, 2.05) is 20.8 Å². The largest absolute Gasteiger partial charge is 0.352 e. The molecule has 0 bridgehead atoms. The van der Waals surface area contributed by atoms with Crippen LogP contribution in [0.5, 0.6) is 0 Å². The second kappa shape index (κ2) is 13.9. The number of nitrogens with zero attached hydrogens (tertiary/aromatic N) is 2. The lowest BCUT2D eigenvalue weighted by atomic mass is 10.1. The minimum absolute atomic E-state index is 0.0270. The number of halogens is 3. The third kappa shape index (κ3) is 8.00. The molecule has 0 heterocycles. The van der Waals surface area contributed by atoms with Crippen LogP contribution >= 0.6 is 39.1 Å². The molecule has 0 aliphatic rings. The summed E-state index contributed by atoms with van der Waals surface area (Å²) in [6.07, 6.45) is 0.709. The number of carbonyl (C=O) groups excluding carboxylic acids is 2. The molecular weight excluding hydrogens is 637 g/mol. The average molecular weight is 669 g/mol. The summed E-state index contributed by atoms with van der Waals surface area (Å²) >= 11 is 15.9. The molecule has 0 fully saturated rings. The van der Waals surface area contributed by atoms with Crippen LogP contribution in [0.3, 0.4) is 0 Å². The van der Waals surface area contributed by atoms with Crippen LogP contribution in [0.25, 0.3) is 0 Å². The minimum atomic E-state index is -4.15. The highest BCUT2D eigenvalue weighted by molar-refractivity contribution is 9.10. The Bertz CT molecular complexity index is 1470. The van der Waals surface area contributed by atoms with E-state index in [1.165, 1.54) is 17.0 Å². The first-order chi connectivity index (χ1) is 18.8. The zero-order valence-corrected chi connectivity index (χ0v) is 26.6. The monoisotopic (exact) mass is 667 g/mol. The van der Waals surface area contributed by atoms with Gasteiger partial charge in [-0.3, -0.25) is 13.9 Å². The molecule has 0 aliphatic heterocycles. The molecule has 3 rings (SSSR count). The molecule has 2 amide bonds. The van der Waals surface area contributed by atoms with Crippen LogP contribution in [0.1, 0.15) is 38.3 Å². The van der Waals surface area contributed by atoms with E-state index in [0.717, 1.165) is 9.87 Å². The third-order valence-electron chi connectivity index (χ3n) is 6.51. The number of hydrogen-bond donors (Lipinski definition) is 1. The van der Waals surface area contributed by atoms with Gasteiger partial charge in [-0.25, -0.2) is 8.42 Å². The zero-order chi connectivity index (χ0) is 29.6. The fraction of sp³-hybridized carbons (Fsp3) is 0.310. The Morgan fingerprint density at radius 1 is 1.00 bits per heavy atom. The molecule has 0 aliphatic carbocycles. The van der Waals surface area contributed by atoms with Gasteiger partial charge in [-0.15, -0.1) is 0 Å². The summed E-state index contributed by atoms with van der Waals surface area (Å²) in [5, 5.41) is 3.66. The first kappa shape index (κ1) is 31.9. The maximum absolute atomic E-state index is 14.0. The Labute approximate surface area is 254 Å². The number of nitrogens with one attached hydrogen (secondary N) is 1. The molecule has 0 radical (unpaired) electrons. The number of aryl methyl sites for hydroxylation is 1. The minimum Gasteiger partial charge on any atom is -0.352 e. The fourth-order valence-corrected chi connectivity index (χ4v) is 6.14. The maximum Gasteiger partial charge on any atom is 0.264 e. The fourth-order valence-electron chi connectivity index (χ4n) is 3.88. The van der Waals surface area contributed by atoms with Gasteiger partial charge in [0.15, 0.2) is 0 Å². The van der Waals surface area contributed by atoms with Gasteiger partial charge in [0.1, 0.15) is 12.6 Å². The SMILES string of the molecule is CC[C@@H](C)NC(=O)[C@@H](C)N(Cc1ccc(Cl)cc1Cl)C(=O)CN(c1cccc(Br)c1)S(=O)(=O)c1ccc(C)cc1. The first-order valence-electron chi connectivity index (χ1n) is 12.7. The lowest BCUT2D eigenvalue weighted by Crippen LogP contribution is -2.52. The van der Waals surface area contributed by atoms with Gasteiger partial charge in [0.05, 0.1) is 10.6 Å². The van der Waals surface area contributed by atoms with Crippen molar-refractivity contribution >= 4 is 66.7 Å². The number of amides is 2.